The van der Waals surface area contributed by atoms with E-state index in [1.165, 1.54) is 18.2 Å². The molecule has 0 fully saturated rings. The van der Waals surface area contributed by atoms with Crippen LogP contribution in [-0.2, 0) is 4.79 Å². The molecule has 0 aliphatic carbocycles. The summed E-state index contributed by atoms with van der Waals surface area (Å²) in [6.07, 6.45) is 2.06. The number of nitriles is 1. The average Bonchev–Trinajstić information content (AvgIpc) is 2.34. The van der Waals surface area contributed by atoms with Crippen molar-refractivity contribution in [3.05, 3.63) is 29.6 Å². The second-order valence-electron chi connectivity index (χ2n) is 3.95. The first-order valence-corrected chi connectivity index (χ1v) is 5.78. The fourth-order valence-corrected chi connectivity index (χ4v) is 1.61. The topological polar surface area (TPSA) is 73.1 Å². The van der Waals surface area contributed by atoms with Gasteiger partial charge in [0.25, 0.3) is 0 Å². The molecule has 1 rings (SSSR count). The Balaban J connectivity index is 2.91. The van der Waals surface area contributed by atoms with Crippen LogP contribution in [0, 0.1) is 17.1 Å². The molecule has 5 heteroatoms. The van der Waals surface area contributed by atoms with E-state index in [2.05, 4.69) is 5.32 Å². The number of hydrogen-bond donors (Lipinski definition) is 2. The minimum Gasteiger partial charge on any atom is -0.480 e. The van der Waals surface area contributed by atoms with Crippen molar-refractivity contribution in [3.63, 3.8) is 0 Å². The van der Waals surface area contributed by atoms with Gasteiger partial charge in [0.1, 0.15) is 23.5 Å². The lowest BCUT2D eigenvalue weighted by Gasteiger charge is -2.16. The molecule has 1 aromatic rings. The van der Waals surface area contributed by atoms with Gasteiger partial charge in [-0.05, 0) is 18.6 Å². The number of nitrogens with one attached hydrogen (secondary N) is 1. The molecule has 1 atom stereocenters. The zero-order valence-electron chi connectivity index (χ0n) is 10.1. The van der Waals surface area contributed by atoms with Crippen LogP contribution in [0.4, 0.5) is 10.1 Å². The van der Waals surface area contributed by atoms with Gasteiger partial charge in [-0.15, -0.1) is 0 Å². The number of rotatable bonds is 6. The van der Waals surface area contributed by atoms with Gasteiger partial charge in [-0.2, -0.15) is 5.26 Å². The third-order valence-corrected chi connectivity index (χ3v) is 2.60. The number of hydrogen-bond acceptors (Lipinski definition) is 3. The van der Waals surface area contributed by atoms with Gasteiger partial charge in [0.15, 0.2) is 0 Å². The molecule has 2 N–H and O–H groups in total. The number of carbonyl (C=O) groups is 1. The number of unbranched alkanes of at least 4 members (excludes halogenated alkanes) is 1. The van der Waals surface area contributed by atoms with Crippen LogP contribution in [0.5, 0.6) is 0 Å². The molecule has 0 aliphatic rings. The van der Waals surface area contributed by atoms with Crippen molar-refractivity contribution in [1.29, 1.82) is 5.26 Å². The molecular weight excluding hydrogens is 235 g/mol. The first-order chi connectivity index (χ1) is 8.60. The molecule has 1 aromatic carbocycles. The predicted octanol–water partition coefficient (Wildman–Crippen LogP) is 2.75. The van der Waals surface area contributed by atoms with Crippen molar-refractivity contribution in [3.8, 4) is 6.07 Å². The first kappa shape index (κ1) is 14.0. The summed E-state index contributed by atoms with van der Waals surface area (Å²) in [5.74, 6) is -1.65. The summed E-state index contributed by atoms with van der Waals surface area (Å²) in [6, 6.07) is 5.04. The maximum Gasteiger partial charge on any atom is 0.326 e. The summed E-state index contributed by atoms with van der Waals surface area (Å²) < 4.78 is 13.3. The summed E-state index contributed by atoms with van der Waals surface area (Å²) in [4.78, 5) is 11.1. The number of halogens is 1. The first-order valence-electron chi connectivity index (χ1n) is 5.78. The fraction of sp³-hybridized carbons (Fsp3) is 0.385. The molecule has 0 spiro atoms. The summed E-state index contributed by atoms with van der Waals surface area (Å²) in [7, 11) is 0. The molecule has 0 amide bonds. The van der Waals surface area contributed by atoms with E-state index in [-0.39, 0.29) is 11.3 Å². The van der Waals surface area contributed by atoms with Gasteiger partial charge >= 0.3 is 5.97 Å². The van der Waals surface area contributed by atoms with Crippen LogP contribution in [0.25, 0.3) is 0 Å². The highest BCUT2D eigenvalue weighted by atomic mass is 19.1. The van der Waals surface area contributed by atoms with Crippen LogP contribution >= 0.6 is 0 Å². The molecule has 0 unspecified atom stereocenters. The third kappa shape index (κ3) is 3.45. The molecular formula is C13H15FN2O2. The predicted molar refractivity (Wildman–Crippen MR) is 65.7 cm³/mol. The minimum atomic E-state index is -1.00. The van der Waals surface area contributed by atoms with Crippen molar-refractivity contribution in [1.82, 2.24) is 0 Å². The largest absolute Gasteiger partial charge is 0.480 e. The zero-order valence-corrected chi connectivity index (χ0v) is 10.1. The molecule has 0 aromatic heterocycles. The maximum atomic E-state index is 13.3. The Hall–Kier alpha value is -2.09. The van der Waals surface area contributed by atoms with E-state index in [0.29, 0.717) is 6.42 Å². The zero-order chi connectivity index (χ0) is 13.5. The number of carboxylic acid groups (broad SMARTS) is 1. The normalized spacial score (nSPS) is 11.6. The molecule has 0 bridgehead atoms. The Kier molecular flexibility index (Phi) is 5.12. The lowest BCUT2D eigenvalue weighted by molar-refractivity contribution is -0.138. The Bertz CT molecular complexity index is 469. The average molecular weight is 250 g/mol. The highest BCUT2D eigenvalue weighted by molar-refractivity contribution is 5.78. The van der Waals surface area contributed by atoms with E-state index >= 15 is 0 Å². The number of carboxylic acids is 1. The molecule has 0 saturated heterocycles. The van der Waals surface area contributed by atoms with Crippen molar-refractivity contribution in [2.45, 2.75) is 32.2 Å². The molecule has 96 valence electrons. The summed E-state index contributed by atoms with van der Waals surface area (Å²) in [6.45, 7) is 1.96. The number of benzene rings is 1. The standard InChI is InChI=1S/C13H15FN2O2/c1-2-3-6-12(13(17)18)16-11-7-4-5-10(14)9(11)8-15/h4-5,7,12,16H,2-3,6H2,1H3,(H,17,18)/t12-/m0/s1. The molecule has 18 heavy (non-hydrogen) atoms. The number of nitrogens with zero attached hydrogens (tertiary/aromatic N) is 1. The van der Waals surface area contributed by atoms with Crippen LogP contribution in [-0.4, -0.2) is 17.1 Å². The smallest absolute Gasteiger partial charge is 0.326 e. The summed E-state index contributed by atoms with van der Waals surface area (Å²) in [5, 5.41) is 20.6. The van der Waals surface area contributed by atoms with Crippen molar-refractivity contribution in [2.24, 2.45) is 0 Å². The number of aliphatic carboxylic acids is 1. The second-order valence-corrected chi connectivity index (χ2v) is 3.95. The van der Waals surface area contributed by atoms with E-state index in [1.54, 1.807) is 6.07 Å². The quantitative estimate of drug-likeness (QED) is 0.814. The van der Waals surface area contributed by atoms with Crippen LogP contribution < -0.4 is 5.32 Å². The Morgan fingerprint density at radius 1 is 1.61 bits per heavy atom. The van der Waals surface area contributed by atoms with E-state index in [0.717, 1.165) is 12.8 Å². The lowest BCUT2D eigenvalue weighted by Crippen LogP contribution is -2.29. The van der Waals surface area contributed by atoms with E-state index < -0.39 is 17.8 Å². The minimum absolute atomic E-state index is 0.153. The van der Waals surface area contributed by atoms with Crippen LogP contribution in [0.2, 0.25) is 0 Å². The van der Waals surface area contributed by atoms with Crippen molar-refractivity contribution < 1.29 is 14.3 Å². The number of anilines is 1. The van der Waals surface area contributed by atoms with Gasteiger partial charge < -0.3 is 10.4 Å². The Morgan fingerprint density at radius 2 is 2.33 bits per heavy atom. The molecule has 0 aliphatic heterocycles. The lowest BCUT2D eigenvalue weighted by atomic mass is 10.1. The van der Waals surface area contributed by atoms with Gasteiger partial charge in [0, 0.05) is 0 Å². The Morgan fingerprint density at radius 3 is 2.89 bits per heavy atom. The van der Waals surface area contributed by atoms with Crippen LogP contribution in [0.1, 0.15) is 31.7 Å². The maximum absolute atomic E-state index is 13.3. The monoisotopic (exact) mass is 250 g/mol. The van der Waals surface area contributed by atoms with E-state index in [4.69, 9.17) is 10.4 Å². The molecule has 0 radical (unpaired) electrons. The molecule has 4 nitrogen and oxygen atoms in total. The van der Waals surface area contributed by atoms with E-state index in [9.17, 15) is 9.18 Å². The molecule has 0 heterocycles. The molecule has 0 saturated carbocycles. The SMILES string of the molecule is CCCC[C@H](Nc1cccc(F)c1C#N)C(=O)O. The van der Waals surface area contributed by atoms with E-state index in [1.807, 2.05) is 6.92 Å². The van der Waals surface area contributed by atoms with Crippen LogP contribution in [0.15, 0.2) is 18.2 Å². The highest BCUT2D eigenvalue weighted by Crippen LogP contribution is 2.20. The van der Waals surface area contributed by atoms with Crippen LogP contribution in [0.3, 0.4) is 0 Å². The fourth-order valence-electron chi connectivity index (χ4n) is 1.61. The Labute approximate surface area is 105 Å². The third-order valence-electron chi connectivity index (χ3n) is 2.60. The summed E-state index contributed by atoms with van der Waals surface area (Å²) in [5.41, 5.74) is 0.0706. The second kappa shape index (κ2) is 6.60. The van der Waals surface area contributed by atoms with Gasteiger partial charge in [0.2, 0.25) is 0 Å². The highest BCUT2D eigenvalue weighted by Gasteiger charge is 2.18. The van der Waals surface area contributed by atoms with Gasteiger partial charge in [-0.1, -0.05) is 25.8 Å². The van der Waals surface area contributed by atoms with Gasteiger partial charge in [0.05, 0.1) is 5.69 Å². The van der Waals surface area contributed by atoms with Crippen molar-refractivity contribution >= 4 is 11.7 Å². The summed E-state index contributed by atoms with van der Waals surface area (Å²) >= 11 is 0. The van der Waals surface area contributed by atoms with Gasteiger partial charge in [-0.25, -0.2) is 9.18 Å². The van der Waals surface area contributed by atoms with Crippen molar-refractivity contribution in [2.75, 3.05) is 5.32 Å². The van der Waals surface area contributed by atoms with Gasteiger partial charge in [-0.3, -0.25) is 0 Å².